The SMILES string of the molecule is O=c1n(-c2ccc([N+](=O)[O-])c3ccccc23)c(O)c2n1[C@H]1C[C@@H]2N(S(=O)(=O)c2ccc(F)cc2)C1. The quantitative estimate of drug-likeness (QED) is 0.341. The Morgan fingerprint density at radius 2 is 1.71 bits per heavy atom. The van der Waals surface area contributed by atoms with Gasteiger partial charge >= 0.3 is 5.69 Å². The van der Waals surface area contributed by atoms with E-state index in [0.717, 1.165) is 16.7 Å². The van der Waals surface area contributed by atoms with E-state index in [0.29, 0.717) is 17.2 Å². The Bertz CT molecular complexity index is 1710. The summed E-state index contributed by atoms with van der Waals surface area (Å²) < 4.78 is 43.5. The number of non-ortho nitro benzene ring substituents is 1. The van der Waals surface area contributed by atoms with Gasteiger partial charge in [0.05, 0.1) is 33.0 Å². The Morgan fingerprint density at radius 3 is 2.40 bits per heavy atom. The molecule has 12 heteroatoms. The first-order chi connectivity index (χ1) is 16.7. The second kappa shape index (κ2) is 7.23. The maximum absolute atomic E-state index is 13.4. The smallest absolute Gasteiger partial charge is 0.336 e. The molecular weight excluding hydrogens is 479 g/mol. The van der Waals surface area contributed by atoms with Crippen molar-refractivity contribution < 1.29 is 22.8 Å². The summed E-state index contributed by atoms with van der Waals surface area (Å²) in [6.07, 6.45) is 0.320. The molecule has 2 atom stereocenters. The summed E-state index contributed by atoms with van der Waals surface area (Å²) in [5.74, 6) is -0.980. The largest absolute Gasteiger partial charge is 0.493 e. The molecule has 4 aromatic rings. The first-order valence-electron chi connectivity index (χ1n) is 10.7. The van der Waals surface area contributed by atoms with Crippen molar-refractivity contribution in [2.24, 2.45) is 0 Å². The minimum Gasteiger partial charge on any atom is -0.493 e. The monoisotopic (exact) mass is 496 g/mol. The highest BCUT2D eigenvalue weighted by atomic mass is 32.2. The van der Waals surface area contributed by atoms with Crippen molar-refractivity contribution in [1.82, 2.24) is 13.4 Å². The lowest BCUT2D eigenvalue weighted by Gasteiger charge is -2.26. The molecule has 3 aromatic carbocycles. The lowest BCUT2D eigenvalue weighted by Crippen LogP contribution is -2.37. The van der Waals surface area contributed by atoms with Crippen molar-refractivity contribution in [3.05, 3.63) is 92.8 Å². The molecule has 1 fully saturated rings. The zero-order chi connectivity index (χ0) is 24.6. The fraction of sp³-hybridized carbons (Fsp3) is 0.174. The molecule has 0 unspecified atom stereocenters. The van der Waals surface area contributed by atoms with Crippen LogP contribution in [0.3, 0.4) is 0 Å². The van der Waals surface area contributed by atoms with Gasteiger partial charge in [0.2, 0.25) is 15.9 Å². The number of nitro groups is 1. The third-order valence-electron chi connectivity index (χ3n) is 6.75. The molecule has 2 aliphatic heterocycles. The number of fused-ring (bicyclic) bond motifs is 6. The molecule has 1 saturated heterocycles. The Morgan fingerprint density at radius 1 is 1.03 bits per heavy atom. The van der Waals surface area contributed by atoms with Gasteiger partial charge in [-0.2, -0.15) is 4.31 Å². The van der Waals surface area contributed by atoms with Crippen molar-refractivity contribution in [1.29, 1.82) is 0 Å². The molecule has 0 aliphatic carbocycles. The zero-order valence-electron chi connectivity index (χ0n) is 17.9. The van der Waals surface area contributed by atoms with Crippen LogP contribution >= 0.6 is 0 Å². The van der Waals surface area contributed by atoms with Crippen molar-refractivity contribution in [3.8, 4) is 11.6 Å². The molecule has 0 radical (unpaired) electrons. The van der Waals surface area contributed by atoms with Crippen molar-refractivity contribution in [2.45, 2.75) is 23.4 Å². The molecule has 10 nitrogen and oxygen atoms in total. The van der Waals surface area contributed by atoms with Crippen LogP contribution in [0.1, 0.15) is 24.2 Å². The Labute approximate surface area is 197 Å². The number of hydrogen-bond donors (Lipinski definition) is 1. The van der Waals surface area contributed by atoms with Crippen LogP contribution in [-0.2, 0) is 10.0 Å². The molecule has 2 bridgehead atoms. The molecule has 0 amide bonds. The van der Waals surface area contributed by atoms with Gasteiger partial charge in [0.25, 0.3) is 5.69 Å². The van der Waals surface area contributed by atoms with Gasteiger partial charge in [-0.15, -0.1) is 0 Å². The van der Waals surface area contributed by atoms with Gasteiger partial charge in [-0.05, 0) is 42.8 Å². The topological polar surface area (TPSA) is 128 Å². The van der Waals surface area contributed by atoms with E-state index < -0.39 is 44.4 Å². The van der Waals surface area contributed by atoms with Crippen molar-refractivity contribution in [3.63, 3.8) is 0 Å². The van der Waals surface area contributed by atoms with Gasteiger partial charge < -0.3 is 5.11 Å². The first kappa shape index (κ1) is 21.5. The fourth-order valence-electron chi connectivity index (χ4n) is 5.25. The van der Waals surface area contributed by atoms with Crippen LogP contribution in [0.15, 0.2) is 70.4 Å². The third kappa shape index (κ3) is 2.90. The number of aromatic nitrogens is 2. The van der Waals surface area contributed by atoms with E-state index in [1.165, 1.54) is 33.1 Å². The molecule has 1 aromatic heterocycles. The molecule has 3 heterocycles. The highest BCUT2D eigenvalue weighted by molar-refractivity contribution is 7.89. The number of sulfonamides is 1. The summed E-state index contributed by atoms with van der Waals surface area (Å²) in [5, 5.41) is 23.3. The Balaban J connectivity index is 1.50. The molecule has 0 saturated carbocycles. The maximum atomic E-state index is 13.4. The van der Waals surface area contributed by atoms with Gasteiger partial charge in [0.1, 0.15) is 11.5 Å². The average molecular weight is 496 g/mol. The molecular formula is C23H17FN4O6S. The number of nitrogens with zero attached hydrogens (tertiary/aromatic N) is 4. The number of hydrogen-bond acceptors (Lipinski definition) is 6. The number of aromatic hydroxyl groups is 1. The number of benzene rings is 3. The van der Waals surface area contributed by atoms with Gasteiger partial charge in [0.15, 0.2) is 0 Å². The van der Waals surface area contributed by atoms with E-state index in [1.807, 2.05) is 0 Å². The molecule has 0 spiro atoms. The van der Waals surface area contributed by atoms with E-state index >= 15 is 0 Å². The predicted octanol–water partition coefficient (Wildman–Crippen LogP) is 3.24. The first-order valence-corrected chi connectivity index (χ1v) is 12.1. The van der Waals surface area contributed by atoms with Gasteiger partial charge in [-0.3, -0.25) is 14.7 Å². The number of halogens is 1. The summed E-state index contributed by atoms with van der Waals surface area (Å²) in [5.41, 5.74) is -0.273. The highest BCUT2D eigenvalue weighted by Gasteiger charge is 2.51. The minimum absolute atomic E-state index is 0.0295. The summed E-state index contributed by atoms with van der Waals surface area (Å²) in [4.78, 5) is 24.3. The van der Waals surface area contributed by atoms with Crippen LogP contribution in [0, 0.1) is 15.9 Å². The Kier molecular flexibility index (Phi) is 4.44. The van der Waals surface area contributed by atoms with E-state index in [-0.39, 0.29) is 28.5 Å². The predicted molar refractivity (Wildman–Crippen MR) is 123 cm³/mol. The maximum Gasteiger partial charge on any atom is 0.336 e. The van der Waals surface area contributed by atoms with Gasteiger partial charge in [-0.25, -0.2) is 22.2 Å². The second-order valence-electron chi connectivity index (χ2n) is 8.54. The summed E-state index contributed by atoms with van der Waals surface area (Å²) in [6.45, 7) is 0.0295. The van der Waals surface area contributed by atoms with Gasteiger partial charge in [0, 0.05) is 18.0 Å². The van der Waals surface area contributed by atoms with Crippen LogP contribution in [0.4, 0.5) is 10.1 Å². The lowest BCUT2D eigenvalue weighted by molar-refractivity contribution is -0.383. The molecule has 1 N–H and O–H groups in total. The highest BCUT2D eigenvalue weighted by Crippen LogP contribution is 2.50. The number of imidazole rings is 1. The fourth-order valence-corrected chi connectivity index (χ4v) is 6.89. The third-order valence-corrected chi connectivity index (χ3v) is 8.64. The zero-order valence-corrected chi connectivity index (χ0v) is 18.7. The summed E-state index contributed by atoms with van der Waals surface area (Å²) in [7, 11) is -4.01. The minimum atomic E-state index is -4.01. The molecule has 6 rings (SSSR count). The normalized spacial score (nSPS) is 19.3. The van der Waals surface area contributed by atoms with Crippen molar-refractivity contribution >= 4 is 26.5 Å². The number of nitro benzene ring substituents is 1. The molecule has 178 valence electrons. The van der Waals surface area contributed by atoms with Crippen LogP contribution in [0.2, 0.25) is 0 Å². The molecule has 35 heavy (non-hydrogen) atoms. The van der Waals surface area contributed by atoms with E-state index in [1.54, 1.807) is 24.3 Å². The van der Waals surface area contributed by atoms with Crippen molar-refractivity contribution in [2.75, 3.05) is 6.54 Å². The van der Waals surface area contributed by atoms with E-state index in [4.69, 9.17) is 0 Å². The second-order valence-corrected chi connectivity index (χ2v) is 10.4. The summed E-state index contributed by atoms with van der Waals surface area (Å²) >= 11 is 0. The van der Waals surface area contributed by atoms with Crippen LogP contribution in [-0.4, -0.2) is 38.4 Å². The van der Waals surface area contributed by atoms with Gasteiger partial charge in [-0.1, -0.05) is 18.2 Å². The lowest BCUT2D eigenvalue weighted by atomic mass is 10.1. The van der Waals surface area contributed by atoms with Crippen LogP contribution in [0.5, 0.6) is 5.88 Å². The van der Waals surface area contributed by atoms with E-state index in [2.05, 4.69) is 0 Å². The summed E-state index contributed by atoms with van der Waals surface area (Å²) in [6, 6.07) is 12.4. The van der Waals surface area contributed by atoms with Crippen LogP contribution < -0.4 is 5.69 Å². The number of rotatable bonds is 4. The van der Waals surface area contributed by atoms with E-state index in [9.17, 15) is 32.8 Å². The molecule has 2 aliphatic rings. The standard InChI is InChI=1S/C23H17FN4O6S/c24-13-5-7-15(8-6-13)35(33,34)25-12-14-11-20(25)21-22(29)27(23(30)26(14)21)18-9-10-19(28(31)32)17-4-2-1-3-16(17)18/h1-10,14,20,29H,11-12H2/t14-,20-/m0/s1. The van der Waals surface area contributed by atoms with Crippen LogP contribution in [0.25, 0.3) is 16.5 Å². The Hall–Kier alpha value is -4.03. The average Bonchev–Trinajstić information content (AvgIpc) is 3.50.